The first kappa shape index (κ1) is 11.4. The maximum atomic E-state index is 11.4. The van der Waals surface area contributed by atoms with Crippen LogP contribution in [0.5, 0.6) is 0 Å². The standard InChI is InChI=1S/C12H14N4OS/c17-12(8-1-2-8)14-5-4-13-11-10-9(3-6-18-10)15-7-16-11/h3,6-8H,1-2,4-5H2,(H,14,17)(H,13,15,16). The van der Waals surface area contributed by atoms with E-state index in [2.05, 4.69) is 20.6 Å². The van der Waals surface area contributed by atoms with Crippen LogP contribution in [0.3, 0.4) is 0 Å². The fraction of sp³-hybridized carbons (Fsp3) is 0.417. The second-order valence-corrected chi connectivity index (χ2v) is 5.27. The monoisotopic (exact) mass is 262 g/mol. The van der Waals surface area contributed by atoms with Crippen LogP contribution in [-0.4, -0.2) is 29.0 Å². The molecule has 3 rings (SSSR count). The number of aromatic nitrogens is 2. The molecular weight excluding hydrogens is 248 g/mol. The van der Waals surface area contributed by atoms with Crippen LogP contribution in [0, 0.1) is 5.92 Å². The molecule has 0 radical (unpaired) electrons. The minimum Gasteiger partial charge on any atom is -0.367 e. The predicted octanol–water partition coefficient (Wildman–Crippen LogP) is 1.63. The molecule has 0 aliphatic heterocycles. The van der Waals surface area contributed by atoms with Crippen LogP contribution in [0.4, 0.5) is 5.82 Å². The number of nitrogens with zero attached hydrogens (tertiary/aromatic N) is 2. The molecule has 2 N–H and O–H groups in total. The van der Waals surface area contributed by atoms with Gasteiger partial charge < -0.3 is 10.6 Å². The summed E-state index contributed by atoms with van der Waals surface area (Å²) in [4.78, 5) is 19.8. The number of carbonyl (C=O) groups excluding carboxylic acids is 1. The Morgan fingerprint density at radius 3 is 3.11 bits per heavy atom. The van der Waals surface area contributed by atoms with E-state index in [-0.39, 0.29) is 11.8 Å². The second kappa shape index (κ2) is 4.89. The van der Waals surface area contributed by atoms with Gasteiger partial charge in [-0.15, -0.1) is 11.3 Å². The minimum atomic E-state index is 0.181. The highest BCUT2D eigenvalue weighted by Crippen LogP contribution is 2.28. The molecule has 1 fully saturated rings. The van der Waals surface area contributed by atoms with Gasteiger partial charge in [-0.05, 0) is 24.3 Å². The lowest BCUT2D eigenvalue weighted by molar-refractivity contribution is -0.122. The molecular formula is C12H14N4OS. The molecule has 0 aromatic carbocycles. The van der Waals surface area contributed by atoms with Crippen molar-refractivity contribution in [3.05, 3.63) is 17.8 Å². The fourth-order valence-corrected chi connectivity index (χ4v) is 2.58. The highest BCUT2D eigenvalue weighted by molar-refractivity contribution is 7.17. The smallest absolute Gasteiger partial charge is 0.223 e. The Hall–Kier alpha value is -1.69. The van der Waals surface area contributed by atoms with Gasteiger partial charge in [-0.1, -0.05) is 0 Å². The second-order valence-electron chi connectivity index (χ2n) is 4.35. The van der Waals surface area contributed by atoms with Crippen LogP contribution in [0.25, 0.3) is 10.2 Å². The van der Waals surface area contributed by atoms with Crippen molar-refractivity contribution in [3.8, 4) is 0 Å². The van der Waals surface area contributed by atoms with Crippen molar-refractivity contribution in [1.82, 2.24) is 15.3 Å². The third kappa shape index (κ3) is 2.43. The molecule has 1 aliphatic rings. The van der Waals surface area contributed by atoms with Gasteiger partial charge in [0.2, 0.25) is 5.91 Å². The number of anilines is 1. The first-order valence-electron chi connectivity index (χ1n) is 6.04. The number of hydrogen-bond donors (Lipinski definition) is 2. The molecule has 2 aromatic rings. The Morgan fingerprint density at radius 2 is 2.28 bits per heavy atom. The van der Waals surface area contributed by atoms with Gasteiger partial charge in [0.1, 0.15) is 12.1 Å². The maximum absolute atomic E-state index is 11.4. The fourth-order valence-electron chi connectivity index (χ4n) is 1.77. The van der Waals surface area contributed by atoms with Gasteiger partial charge in [0.05, 0.1) is 10.2 Å². The number of thiophene rings is 1. The number of amides is 1. The average molecular weight is 262 g/mol. The first-order chi connectivity index (χ1) is 8.84. The normalized spacial score (nSPS) is 14.7. The van der Waals surface area contributed by atoms with E-state index in [0.29, 0.717) is 13.1 Å². The van der Waals surface area contributed by atoms with Crippen LogP contribution in [0.2, 0.25) is 0 Å². The van der Waals surface area contributed by atoms with Crippen molar-refractivity contribution in [3.63, 3.8) is 0 Å². The maximum Gasteiger partial charge on any atom is 0.223 e. The minimum absolute atomic E-state index is 0.181. The summed E-state index contributed by atoms with van der Waals surface area (Å²) in [5, 5.41) is 8.15. The average Bonchev–Trinajstić information content (AvgIpc) is 3.12. The van der Waals surface area contributed by atoms with E-state index in [4.69, 9.17) is 0 Å². The Bertz CT molecular complexity index is 564. The van der Waals surface area contributed by atoms with E-state index < -0.39 is 0 Å². The molecule has 2 aromatic heterocycles. The van der Waals surface area contributed by atoms with Crippen molar-refractivity contribution in [2.75, 3.05) is 18.4 Å². The zero-order valence-corrected chi connectivity index (χ0v) is 10.7. The topological polar surface area (TPSA) is 66.9 Å². The molecule has 0 atom stereocenters. The van der Waals surface area contributed by atoms with E-state index in [1.54, 1.807) is 17.7 Å². The van der Waals surface area contributed by atoms with Gasteiger partial charge in [-0.3, -0.25) is 4.79 Å². The molecule has 0 spiro atoms. The quantitative estimate of drug-likeness (QED) is 0.804. The SMILES string of the molecule is O=C(NCCNc1ncnc2ccsc12)C1CC1. The van der Waals surface area contributed by atoms with Crippen molar-refractivity contribution >= 4 is 33.3 Å². The summed E-state index contributed by atoms with van der Waals surface area (Å²) in [6.07, 6.45) is 3.64. The van der Waals surface area contributed by atoms with E-state index in [1.807, 2.05) is 11.4 Å². The Kier molecular flexibility index (Phi) is 3.10. The van der Waals surface area contributed by atoms with Crippen molar-refractivity contribution in [2.24, 2.45) is 5.92 Å². The van der Waals surface area contributed by atoms with E-state index in [0.717, 1.165) is 28.9 Å². The molecule has 1 amide bonds. The highest BCUT2D eigenvalue weighted by atomic mass is 32.1. The lowest BCUT2D eigenvalue weighted by Gasteiger charge is -2.07. The number of carbonyl (C=O) groups is 1. The number of rotatable bonds is 5. The Balaban J connectivity index is 1.53. The molecule has 0 unspecified atom stereocenters. The van der Waals surface area contributed by atoms with Gasteiger partial charge in [-0.2, -0.15) is 0 Å². The van der Waals surface area contributed by atoms with Gasteiger partial charge in [0.15, 0.2) is 0 Å². The molecule has 5 nitrogen and oxygen atoms in total. The molecule has 1 aliphatic carbocycles. The highest BCUT2D eigenvalue weighted by Gasteiger charge is 2.28. The van der Waals surface area contributed by atoms with Crippen LogP contribution < -0.4 is 10.6 Å². The van der Waals surface area contributed by atoms with Crippen molar-refractivity contribution in [1.29, 1.82) is 0 Å². The lowest BCUT2D eigenvalue weighted by Crippen LogP contribution is -2.29. The van der Waals surface area contributed by atoms with E-state index in [1.165, 1.54) is 0 Å². The molecule has 6 heteroatoms. The number of nitrogens with one attached hydrogen (secondary N) is 2. The van der Waals surface area contributed by atoms with Crippen LogP contribution in [0.1, 0.15) is 12.8 Å². The predicted molar refractivity (Wildman–Crippen MR) is 71.6 cm³/mol. The third-order valence-corrected chi connectivity index (χ3v) is 3.82. The van der Waals surface area contributed by atoms with Gasteiger partial charge in [0.25, 0.3) is 0 Å². The summed E-state index contributed by atoms with van der Waals surface area (Å²) < 4.78 is 1.06. The largest absolute Gasteiger partial charge is 0.367 e. The van der Waals surface area contributed by atoms with Crippen molar-refractivity contribution < 1.29 is 4.79 Å². The summed E-state index contributed by atoms with van der Waals surface area (Å²) >= 11 is 1.62. The molecule has 94 valence electrons. The number of fused-ring (bicyclic) bond motifs is 1. The third-order valence-electron chi connectivity index (χ3n) is 2.91. The summed E-state index contributed by atoms with van der Waals surface area (Å²) in [7, 11) is 0. The summed E-state index contributed by atoms with van der Waals surface area (Å²) in [5.74, 6) is 1.30. The van der Waals surface area contributed by atoms with Gasteiger partial charge in [-0.25, -0.2) is 9.97 Å². The van der Waals surface area contributed by atoms with E-state index in [9.17, 15) is 4.79 Å². The van der Waals surface area contributed by atoms with Crippen LogP contribution in [0.15, 0.2) is 17.8 Å². The molecule has 18 heavy (non-hydrogen) atoms. The Morgan fingerprint density at radius 1 is 1.39 bits per heavy atom. The number of hydrogen-bond acceptors (Lipinski definition) is 5. The zero-order valence-electron chi connectivity index (χ0n) is 9.85. The van der Waals surface area contributed by atoms with Crippen LogP contribution >= 0.6 is 11.3 Å². The molecule has 1 saturated carbocycles. The summed E-state index contributed by atoms with van der Waals surface area (Å²) in [6, 6.07) is 1.97. The molecule has 2 heterocycles. The zero-order chi connectivity index (χ0) is 12.4. The Labute approximate surface area is 109 Å². The van der Waals surface area contributed by atoms with Crippen molar-refractivity contribution in [2.45, 2.75) is 12.8 Å². The lowest BCUT2D eigenvalue weighted by atomic mass is 10.4. The molecule has 0 bridgehead atoms. The molecule has 0 saturated heterocycles. The summed E-state index contributed by atoms with van der Waals surface area (Å²) in [6.45, 7) is 1.31. The first-order valence-corrected chi connectivity index (χ1v) is 6.92. The van der Waals surface area contributed by atoms with Gasteiger partial charge in [0, 0.05) is 19.0 Å². The summed E-state index contributed by atoms with van der Waals surface area (Å²) in [5.41, 5.74) is 0.958. The van der Waals surface area contributed by atoms with Crippen LogP contribution in [-0.2, 0) is 4.79 Å². The van der Waals surface area contributed by atoms with Gasteiger partial charge >= 0.3 is 0 Å². The van der Waals surface area contributed by atoms with E-state index >= 15 is 0 Å².